The summed E-state index contributed by atoms with van der Waals surface area (Å²) in [5.74, 6) is 0.333. The minimum absolute atomic E-state index is 0.0686. The van der Waals surface area contributed by atoms with Crippen LogP contribution in [-0.4, -0.2) is 50.8 Å². The van der Waals surface area contributed by atoms with Crippen molar-refractivity contribution in [2.75, 3.05) is 38.8 Å². The summed E-state index contributed by atoms with van der Waals surface area (Å²) in [7, 11) is 4.00. The molecule has 0 aliphatic carbocycles. The van der Waals surface area contributed by atoms with E-state index in [-0.39, 0.29) is 18.6 Å². The van der Waals surface area contributed by atoms with Crippen LogP contribution in [0.25, 0.3) is 0 Å². The van der Waals surface area contributed by atoms with Crippen molar-refractivity contribution in [1.29, 1.82) is 0 Å². The van der Waals surface area contributed by atoms with Crippen LogP contribution in [0, 0.1) is 0 Å². The van der Waals surface area contributed by atoms with Crippen LogP contribution in [0.3, 0.4) is 0 Å². The van der Waals surface area contributed by atoms with Gasteiger partial charge in [-0.1, -0.05) is 35.3 Å². The minimum atomic E-state index is -0.108. The van der Waals surface area contributed by atoms with Crippen LogP contribution in [0.1, 0.15) is 18.4 Å². The number of hydrogen-bond donors (Lipinski definition) is 0. The third-order valence-electron chi connectivity index (χ3n) is 4.87. The van der Waals surface area contributed by atoms with Gasteiger partial charge in [-0.05, 0) is 48.7 Å². The Morgan fingerprint density at radius 3 is 2.55 bits per heavy atom. The van der Waals surface area contributed by atoms with Crippen molar-refractivity contribution < 1.29 is 14.3 Å². The van der Waals surface area contributed by atoms with Crippen molar-refractivity contribution in [2.24, 2.45) is 0 Å². The molecule has 3 rings (SSSR count). The summed E-state index contributed by atoms with van der Waals surface area (Å²) in [6.45, 7) is 1.71. The molecule has 1 atom stereocenters. The molecule has 1 aliphatic heterocycles. The number of carbonyl (C=O) groups excluding carboxylic acids is 1. The Morgan fingerprint density at radius 1 is 1.17 bits per heavy atom. The molecule has 0 radical (unpaired) electrons. The Hall–Kier alpha value is -1.95. The minimum Gasteiger partial charge on any atom is -0.482 e. The van der Waals surface area contributed by atoms with Gasteiger partial charge in [-0.2, -0.15) is 0 Å². The summed E-state index contributed by atoms with van der Waals surface area (Å²) in [4.78, 5) is 16.8. The number of benzene rings is 2. The van der Waals surface area contributed by atoms with Crippen LogP contribution in [0.2, 0.25) is 10.0 Å². The lowest BCUT2D eigenvalue weighted by Crippen LogP contribution is -2.39. The molecular formula is C22H26Cl2N2O3. The molecule has 1 fully saturated rings. The molecule has 0 saturated carbocycles. The van der Waals surface area contributed by atoms with Crippen molar-refractivity contribution in [3.05, 3.63) is 58.1 Å². The molecule has 1 saturated heterocycles. The zero-order chi connectivity index (χ0) is 20.8. The second-order valence-electron chi connectivity index (χ2n) is 7.33. The summed E-state index contributed by atoms with van der Waals surface area (Å²) in [5, 5.41) is 0.908. The monoisotopic (exact) mass is 436 g/mol. The highest BCUT2D eigenvalue weighted by molar-refractivity contribution is 6.35. The van der Waals surface area contributed by atoms with Crippen molar-refractivity contribution in [1.82, 2.24) is 4.90 Å². The lowest BCUT2D eigenvalue weighted by atomic mass is 10.1. The molecule has 1 heterocycles. The van der Waals surface area contributed by atoms with Gasteiger partial charge in [0.2, 0.25) is 0 Å². The first-order chi connectivity index (χ1) is 13.9. The number of nitrogens with zero attached hydrogens (tertiary/aromatic N) is 2. The molecule has 1 amide bonds. The first-order valence-electron chi connectivity index (χ1n) is 9.66. The molecule has 29 heavy (non-hydrogen) atoms. The molecule has 2 aromatic carbocycles. The van der Waals surface area contributed by atoms with Crippen LogP contribution in [0.4, 0.5) is 5.69 Å². The number of rotatable bonds is 8. The van der Waals surface area contributed by atoms with Gasteiger partial charge in [0.1, 0.15) is 5.75 Å². The quantitative estimate of drug-likeness (QED) is 0.603. The van der Waals surface area contributed by atoms with E-state index < -0.39 is 0 Å². The van der Waals surface area contributed by atoms with Gasteiger partial charge in [-0.15, -0.1) is 0 Å². The maximum Gasteiger partial charge on any atom is 0.260 e. The van der Waals surface area contributed by atoms with E-state index in [1.54, 1.807) is 23.1 Å². The van der Waals surface area contributed by atoms with Gasteiger partial charge in [0.15, 0.2) is 6.61 Å². The van der Waals surface area contributed by atoms with E-state index in [4.69, 9.17) is 32.7 Å². The van der Waals surface area contributed by atoms with Gasteiger partial charge in [-0.25, -0.2) is 0 Å². The third kappa shape index (κ3) is 6.26. The molecule has 7 heteroatoms. The van der Waals surface area contributed by atoms with Gasteiger partial charge >= 0.3 is 0 Å². The van der Waals surface area contributed by atoms with Crippen LogP contribution >= 0.6 is 23.2 Å². The summed E-state index contributed by atoms with van der Waals surface area (Å²) in [6.07, 6.45) is 2.06. The topological polar surface area (TPSA) is 42.0 Å². The average molecular weight is 437 g/mol. The molecule has 5 nitrogen and oxygen atoms in total. The fourth-order valence-electron chi connectivity index (χ4n) is 3.23. The number of anilines is 1. The summed E-state index contributed by atoms with van der Waals surface area (Å²) in [5.41, 5.74) is 2.18. The highest BCUT2D eigenvalue weighted by Crippen LogP contribution is 2.27. The van der Waals surface area contributed by atoms with Crippen molar-refractivity contribution in [3.63, 3.8) is 0 Å². The smallest absolute Gasteiger partial charge is 0.260 e. The fourth-order valence-corrected chi connectivity index (χ4v) is 3.69. The van der Waals surface area contributed by atoms with Crippen molar-refractivity contribution in [3.8, 4) is 5.75 Å². The van der Waals surface area contributed by atoms with Gasteiger partial charge < -0.3 is 19.3 Å². The maximum atomic E-state index is 12.9. The SMILES string of the molecule is CN(C)c1ccc(CN(C[C@@H]2CCCO2)C(=O)COc2ccc(Cl)cc2Cl)cc1. The number of carbonyl (C=O) groups is 1. The van der Waals surface area contributed by atoms with Crippen LogP contribution < -0.4 is 9.64 Å². The number of hydrogen-bond acceptors (Lipinski definition) is 4. The largest absolute Gasteiger partial charge is 0.482 e. The maximum absolute atomic E-state index is 12.9. The van der Waals surface area contributed by atoms with E-state index in [1.165, 1.54) is 0 Å². The van der Waals surface area contributed by atoms with Crippen LogP contribution in [0.15, 0.2) is 42.5 Å². The highest BCUT2D eigenvalue weighted by Gasteiger charge is 2.23. The molecular weight excluding hydrogens is 411 g/mol. The zero-order valence-corrected chi connectivity index (χ0v) is 18.2. The summed E-state index contributed by atoms with van der Waals surface area (Å²) >= 11 is 12.1. The van der Waals surface area contributed by atoms with E-state index in [0.717, 1.165) is 30.7 Å². The predicted octanol–water partition coefficient (Wildman–Crippen LogP) is 4.65. The van der Waals surface area contributed by atoms with Gasteiger partial charge in [-0.3, -0.25) is 4.79 Å². The molecule has 156 valence electrons. The normalized spacial score (nSPS) is 15.9. The van der Waals surface area contributed by atoms with E-state index in [2.05, 4.69) is 0 Å². The second-order valence-corrected chi connectivity index (χ2v) is 8.18. The predicted molar refractivity (Wildman–Crippen MR) is 117 cm³/mol. The average Bonchev–Trinajstić information content (AvgIpc) is 3.20. The standard InChI is InChI=1S/C22H26Cl2N2O3/c1-25(2)18-8-5-16(6-9-18)13-26(14-19-4-3-11-28-19)22(27)15-29-21-10-7-17(23)12-20(21)24/h5-10,12,19H,3-4,11,13-15H2,1-2H3/t19-/m0/s1. The van der Waals surface area contributed by atoms with E-state index in [1.807, 2.05) is 43.3 Å². The Morgan fingerprint density at radius 2 is 1.93 bits per heavy atom. The van der Waals surface area contributed by atoms with Gasteiger partial charge in [0, 0.05) is 44.5 Å². The Kier molecular flexibility index (Phi) is 7.64. The van der Waals surface area contributed by atoms with Crippen molar-refractivity contribution >= 4 is 34.8 Å². The highest BCUT2D eigenvalue weighted by atomic mass is 35.5. The van der Waals surface area contributed by atoms with Gasteiger partial charge in [0.05, 0.1) is 11.1 Å². The fraction of sp³-hybridized carbons (Fsp3) is 0.409. The van der Waals surface area contributed by atoms with E-state index in [9.17, 15) is 4.79 Å². The number of ether oxygens (including phenoxy) is 2. The van der Waals surface area contributed by atoms with Crippen LogP contribution in [0.5, 0.6) is 5.75 Å². The first kappa shape index (κ1) is 21.8. The van der Waals surface area contributed by atoms with E-state index in [0.29, 0.717) is 28.9 Å². The molecule has 2 aromatic rings. The Balaban J connectivity index is 1.67. The number of amides is 1. The molecule has 0 unspecified atom stereocenters. The molecule has 0 N–H and O–H groups in total. The summed E-state index contributed by atoms with van der Waals surface area (Å²) in [6, 6.07) is 13.1. The van der Waals surface area contributed by atoms with E-state index >= 15 is 0 Å². The Labute approximate surface area is 182 Å². The van der Waals surface area contributed by atoms with Crippen LogP contribution in [-0.2, 0) is 16.1 Å². The number of halogens is 2. The molecule has 0 bridgehead atoms. The molecule has 0 spiro atoms. The zero-order valence-electron chi connectivity index (χ0n) is 16.7. The lowest BCUT2D eigenvalue weighted by Gasteiger charge is -2.26. The second kappa shape index (κ2) is 10.2. The lowest BCUT2D eigenvalue weighted by molar-refractivity contribution is -0.135. The third-order valence-corrected chi connectivity index (χ3v) is 5.40. The first-order valence-corrected chi connectivity index (χ1v) is 10.4. The summed E-state index contributed by atoms with van der Waals surface area (Å²) < 4.78 is 11.4. The van der Waals surface area contributed by atoms with Crippen molar-refractivity contribution in [2.45, 2.75) is 25.5 Å². The molecule has 1 aliphatic rings. The Bertz CT molecular complexity index is 821. The molecule has 0 aromatic heterocycles. The van der Waals surface area contributed by atoms with Gasteiger partial charge in [0.25, 0.3) is 5.91 Å².